The van der Waals surface area contributed by atoms with Crippen LogP contribution in [-0.4, -0.2) is 299 Å². The minimum atomic E-state index is -2.67. The van der Waals surface area contributed by atoms with Crippen molar-refractivity contribution in [3.05, 3.63) is 101 Å². The molecular formula is C68H96ClN22O22P5S5. The lowest BCUT2D eigenvalue weighted by Gasteiger charge is -2.39. The zero-order chi connectivity index (χ0) is 88.0. The van der Waals surface area contributed by atoms with E-state index in [0.29, 0.717) is 99.5 Å². The molecule has 12 N–H and O–H groups in total. The second-order valence-electron chi connectivity index (χ2n) is 29.8. The third kappa shape index (κ3) is 17.9. The van der Waals surface area contributed by atoms with Crippen LogP contribution in [0.15, 0.2) is 84.7 Å². The standard InChI is InChI=1S/C15H21ClN5O4PS.C15H22N5O4PS.C13H18N5O5PS.C13H18N5O4PS.C12H17N2O5PS/c1-3-20(4-2)26(27)23-7-9-12(25-26)11(22)14(24-9)21-13-10(19-15(21)16)8(17)5-6-18-13;1-3-19(4-2)25(26)22-7-10-13(24-25)12(21)15(23-10)20-8-18-11-9(16)5-6-17-14(11)20;1-6-15-11-8(12(20)16-6)14-5-18(11)13-9(19)10-7(22-13)4-21-24(25,23-10)17(2)3;1-17(2)23(24)20-5-8-11(22-23)10(19)13(21-8)18-6-16-9-7(14)3-4-15-12(9)18;1-7-5-14(8(2)13-12(7)15)11-4-9-10(18-11)6-17-20(21,16-3)19-9/h5-6,9,11-12,14,22H,3-4,7H2,1-2H3,(H2,17,18);5-6,8,10,12-13,15,21H,3-4,7H2,1-2H3,(H2,16,17);5,7,9-10,13,19H,4H2,1-3H3,(H,15,16,20);3-4,6,8,10-11,13,19H,5H2,1-2H3,(H2,14,15);5,9-11H,2,4,6H2,1,3H3,(H,13,15)/t9-,11?,12?,14-,26?;10-,12?,13?,15-,25?;7-,9?,10?,13-,24?;8-,10?,11?,13-,23?;9?,10-,11-,20?/m11111/s1. The first-order valence-electron chi connectivity index (χ1n) is 38.9. The van der Waals surface area contributed by atoms with Gasteiger partial charge in [-0.1, -0.05) is 34.3 Å². The first-order valence-corrected chi connectivity index (χ1v) is 52.2. The van der Waals surface area contributed by atoms with Crippen LogP contribution in [0.4, 0.5) is 17.1 Å². The summed E-state index contributed by atoms with van der Waals surface area (Å²) in [6, 6.07) is 5.00. The molecule has 8 aromatic heterocycles. The molecule has 11 aliphatic heterocycles. The first-order chi connectivity index (χ1) is 58.5. The number of pyridine rings is 3. The number of carbonyl (C=O) groups excluding carboxylic acids is 1. The maximum absolute atomic E-state index is 12.0. The molecule has 10 fully saturated rings. The van der Waals surface area contributed by atoms with E-state index in [1.165, 1.54) is 18.0 Å². The number of carbonyl (C=O) groups is 1. The number of hydrogen-bond donors (Lipinski definition) is 9. The van der Waals surface area contributed by atoms with Gasteiger partial charge >= 0.3 is 6.72 Å². The maximum Gasteiger partial charge on any atom is 0.327 e. The van der Waals surface area contributed by atoms with Gasteiger partial charge in [-0.25, -0.2) is 58.6 Å². The van der Waals surface area contributed by atoms with Crippen LogP contribution in [0.2, 0.25) is 5.28 Å². The van der Waals surface area contributed by atoms with E-state index >= 15 is 0 Å². The average Bonchev–Trinajstić information content (AvgIpc) is 1.61. The zero-order valence-corrected chi connectivity index (χ0v) is 77.5. The van der Waals surface area contributed by atoms with Gasteiger partial charge in [-0.2, -0.15) is 0 Å². The minimum absolute atomic E-state index is 0.127. The van der Waals surface area contributed by atoms with E-state index in [1.807, 2.05) is 37.0 Å². The highest BCUT2D eigenvalue weighted by Crippen LogP contribution is 2.63. The highest BCUT2D eigenvalue weighted by atomic mass is 35.5. The Kier molecular flexibility index (Phi) is 27.9. The molecule has 44 nitrogen and oxygen atoms in total. The Labute approximate surface area is 735 Å². The van der Waals surface area contributed by atoms with Crippen molar-refractivity contribution in [2.45, 2.75) is 165 Å². The molecule has 19 rings (SSSR count). The highest BCUT2D eigenvalue weighted by molar-refractivity contribution is 8.10. The number of aliphatic hydroxyl groups excluding tert-OH is 4. The number of amides is 1. The van der Waals surface area contributed by atoms with E-state index in [0.717, 1.165) is 13.1 Å². The Morgan fingerprint density at radius 3 is 1.37 bits per heavy atom. The number of fused-ring (bicyclic) bond motifs is 9. The number of aromatic amines is 1. The Hall–Kier alpha value is -5.06. The summed E-state index contributed by atoms with van der Waals surface area (Å²) in [6.07, 6.45) is 0.100. The van der Waals surface area contributed by atoms with Crippen LogP contribution >= 0.6 is 44.9 Å². The van der Waals surface area contributed by atoms with E-state index in [1.54, 1.807) is 126 Å². The molecule has 19 heterocycles. The van der Waals surface area contributed by atoms with Gasteiger partial charge in [0.05, 0.1) is 75.2 Å². The van der Waals surface area contributed by atoms with Crippen molar-refractivity contribution in [1.82, 2.24) is 92.0 Å². The van der Waals surface area contributed by atoms with Crippen LogP contribution in [0.5, 0.6) is 0 Å². The number of aliphatic hydroxyl groups is 4. The van der Waals surface area contributed by atoms with Gasteiger partial charge in [-0.3, -0.25) is 27.9 Å². The number of halogens is 1. The van der Waals surface area contributed by atoms with Crippen LogP contribution in [0.3, 0.4) is 0 Å². The van der Waals surface area contributed by atoms with E-state index in [4.69, 9.17) is 161 Å². The van der Waals surface area contributed by atoms with Crippen LogP contribution in [-0.2, 0) is 137 Å². The smallest absolute Gasteiger partial charge is 0.327 e. The quantitative estimate of drug-likeness (QED) is 0.0665. The van der Waals surface area contributed by atoms with E-state index < -0.39 is 131 Å². The lowest BCUT2D eigenvalue weighted by molar-refractivity contribution is -0.119. The third-order valence-electron chi connectivity index (χ3n) is 21.8. The van der Waals surface area contributed by atoms with Crippen LogP contribution in [0.25, 0.3) is 44.7 Å². The summed E-state index contributed by atoms with van der Waals surface area (Å²) < 4.78 is 107. The molecule has 11 aliphatic rings. The number of imidazole rings is 4. The number of nitrogens with two attached hydrogens (primary N) is 3. The fraction of sp³-hybridized carbons (Fsp3) is 0.588. The highest BCUT2D eigenvalue weighted by Gasteiger charge is 2.58. The number of anilines is 3. The molecule has 14 unspecified atom stereocenters. The molecule has 123 heavy (non-hydrogen) atoms. The molecular weight excluding hydrogens is 1830 g/mol. The van der Waals surface area contributed by atoms with Crippen LogP contribution in [0.1, 0.15) is 71.8 Å². The Morgan fingerprint density at radius 2 is 0.927 bits per heavy atom. The van der Waals surface area contributed by atoms with Gasteiger partial charge in [0.15, 0.2) is 53.0 Å². The SMILES string of the molecule is C=C1NC(=O)C(C)=CN1[C@H]1CC2OP(=S)(OC)OC[C@H]2O1.CCN(CC)P1(=S)OC[C@H]2O[C@@H](n3c(Cl)nc4c(N)ccnc43)C(O)C2O1.CCN(CC)P1(=S)OC[C@H]2O[C@@H](n3cnc4c(N)ccnc43)C(O)C2O1.CN(C)P1(=S)OC[C@H]2O[C@@H](n3cnc4c(N)ccnc43)C(O)C2O1.Cc1nc2c(ncn2[C@@H]2O[C@@H]3COP(=S)(N(C)C)OC3C2O)c(=O)[nH]1. The molecule has 0 bridgehead atoms. The molecule has 0 aromatic carbocycles. The fourth-order valence-corrected chi connectivity index (χ4v) is 27.2. The van der Waals surface area contributed by atoms with Gasteiger partial charge in [0, 0.05) is 70.1 Å². The fourth-order valence-electron chi connectivity index (χ4n) is 15.3. The molecule has 0 radical (unpaired) electrons. The third-order valence-corrected chi connectivity index (χ3v) is 38.6. The molecule has 24 atom stereocenters. The topological polar surface area (TPSA) is 508 Å². The summed E-state index contributed by atoms with van der Waals surface area (Å²) in [5, 5.41) is 46.2. The largest absolute Gasteiger partial charge is 0.397 e. The monoisotopic (exact) mass is 1920 g/mol. The number of H-pyrrole nitrogens is 1. The number of nitrogens with one attached hydrogen (secondary N) is 2. The maximum atomic E-state index is 12.0. The Morgan fingerprint density at radius 1 is 0.528 bits per heavy atom. The number of ether oxygens (including phenoxy) is 5. The van der Waals surface area contributed by atoms with Crippen LogP contribution in [0, 0.1) is 6.92 Å². The van der Waals surface area contributed by atoms with E-state index in [2.05, 4.69) is 56.8 Å². The predicted molar refractivity (Wildman–Crippen MR) is 465 cm³/mol. The second kappa shape index (κ2) is 37.1. The van der Waals surface area contributed by atoms with E-state index in [9.17, 15) is 30.0 Å². The molecule has 10 saturated heterocycles. The number of aromatic nitrogens is 13. The lowest BCUT2D eigenvalue weighted by atomic mass is 10.1. The predicted octanol–water partition coefficient (Wildman–Crippen LogP) is 4.72. The van der Waals surface area contributed by atoms with Crippen molar-refractivity contribution in [3.8, 4) is 0 Å². The van der Waals surface area contributed by atoms with Gasteiger partial charge in [-0.05, 0) is 131 Å². The van der Waals surface area contributed by atoms with Crippen molar-refractivity contribution in [2.24, 2.45) is 0 Å². The van der Waals surface area contributed by atoms with Crippen molar-refractivity contribution < 1.29 is 98.7 Å². The molecule has 1 amide bonds. The summed E-state index contributed by atoms with van der Waals surface area (Å²) in [5.74, 6) is 0.786. The normalized spacial score (nSPS) is 35.8. The number of nitrogen functional groups attached to an aromatic ring is 3. The number of hydrogen-bond acceptors (Lipinski definition) is 39. The van der Waals surface area contributed by atoms with Gasteiger partial charge in [0.2, 0.25) is 5.28 Å². The van der Waals surface area contributed by atoms with Crippen molar-refractivity contribution >= 4 is 172 Å². The van der Waals surface area contributed by atoms with Gasteiger partial charge in [-0.15, -0.1) is 0 Å². The summed E-state index contributed by atoms with van der Waals surface area (Å²) in [5.41, 5.74) is 23.2. The van der Waals surface area contributed by atoms with Gasteiger partial charge < -0.3 is 126 Å². The number of rotatable bonds is 14. The Bertz CT molecular complexity index is 5640. The molecule has 672 valence electrons. The van der Waals surface area contributed by atoms with Crippen LogP contribution < -0.4 is 28.1 Å². The zero-order valence-electron chi connectivity index (χ0n) is 68.1. The lowest BCUT2D eigenvalue weighted by Crippen LogP contribution is -2.42. The molecule has 0 saturated carbocycles. The van der Waals surface area contributed by atoms with Gasteiger partial charge in [0.1, 0.15) is 114 Å². The number of aryl methyl sites for hydroxylation is 1. The summed E-state index contributed by atoms with van der Waals surface area (Å²) in [6.45, 7) is 6.34. The first kappa shape index (κ1) is 92.6. The van der Waals surface area contributed by atoms with Crippen molar-refractivity contribution in [3.63, 3.8) is 0 Å². The Balaban J connectivity index is 0.000000119. The summed E-state index contributed by atoms with van der Waals surface area (Å²) in [4.78, 5) is 62.0. The summed E-state index contributed by atoms with van der Waals surface area (Å²) in [7, 11) is 8.66. The number of nitrogens with zero attached hydrogens (tertiary/aromatic N) is 17. The molecule has 0 aliphatic carbocycles. The minimum Gasteiger partial charge on any atom is -0.397 e. The average molecular weight is 1920 g/mol. The molecule has 0 spiro atoms. The summed E-state index contributed by atoms with van der Waals surface area (Å²) >= 11 is 33.8. The second-order valence-corrected chi connectivity index (χ2v) is 47.1. The molecule has 8 aromatic rings. The molecule has 55 heteroatoms. The van der Waals surface area contributed by atoms with E-state index in [-0.39, 0.29) is 67.1 Å². The van der Waals surface area contributed by atoms with Crippen molar-refractivity contribution in [2.75, 3.05) is 112 Å². The van der Waals surface area contributed by atoms with Crippen molar-refractivity contribution in [1.29, 1.82) is 0 Å². The van der Waals surface area contributed by atoms with Gasteiger partial charge in [0.25, 0.3) is 38.0 Å².